The summed E-state index contributed by atoms with van der Waals surface area (Å²) in [5, 5.41) is 0. The van der Waals surface area contributed by atoms with Crippen LogP contribution in [0.1, 0.15) is 49.5 Å². The number of rotatable bonds is 6. The van der Waals surface area contributed by atoms with Gasteiger partial charge in [-0.1, -0.05) is 6.92 Å². The Bertz CT molecular complexity index is 493. The topological polar surface area (TPSA) is 38.8 Å². The van der Waals surface area contributed by atoms with E-state index in [1.165, 1.54) is 0 Å². The lowest BCUT2D eigenvalue weighted by Gasteiger charge is -2.30. The minimum atomic E-state index is 0.118. The van der Waals surface area contributed by atoms with Gasteiger partial charge in [0, 0.05) is 30.8 Å². The largest absolute Gasteiger partial charge is 0.494 e. The fourth-order valence-electron chi connectivity index (χ4n) is 2.73. The summed E-state index contributed by atoms with van der Waals surface area (Å²) >= 11 is 0. The quantitative estimate of drug-likeness (QED) is 0.807. The van der Waals surface area contributed by atoms with Crippen LogP contribution in [0.25, 0.3) is 0 Å². The molecule has 1 aromatic carbocycles. The summed E-state index contributed by atoms with van der Waals surface area (Å²) in [6.45, 7) is 9.61. The van der Waals surface area contributed by atoms with Gasteiger partial charge in [-0.15, -0.1) is 0 Å². The van der Waals surface area contributed by atoms with Crippen molar-refractivity contribution in [3.63, 3.8) is 0 Å². The highest BCUT2D eigenvalue weighted by Gasteiger charge is 2.22. The standard InChI is InChI=1S/C18H27NO3/c1-4-21-13-16-12-15(6-7-17(16)22-5-2)18(20)19-10-8-14(3)9-11-19/h6-7,12,14H,4-5,8-11,13H2,1-3H3. The number of hydrogen-bond donors (Lipinski definition) is 0. The Balaban J connectivity index is 2.14. The first-order valence-electron chi connectivity index (χ1n) is 8.28. The predicted octanol–water partition coefficient (Wildman–Crippen LogP) is 3.49. The van der Waals surface area contributed by atoms with Crippen molar-refractivity contribution in [3.8, 4) is 5.75 Å². The third kappa shape index (κ3) is 4.23. The molecule has 2 rings (SSSR count). The number of hydrogen-bond acceptors (Lipinski definition) is 3. The number of carbonyl (C=O) groups is 1. The number of nitrogens with zero attached hydrogens (tertiary/aromatic N) is 1. The molecule has 0 radical (unpaired) electrons. The molecule has 0 N–H and O–H groups in total. The van der Waals surface area contributed by atoms with Crippen LogP contribution in [0.15, 0.2) is 18.2 Å². The van der Waals surface area contributed by atoms with E-state index in [4.69, 9.17) is 9.47 Å². The van der Waals surface area contributed by atoms with E-state index < -0.39 is 0 Å². The van der Waals surface area contributed by atoms with Crippen LogP contribution in [-0.4, -0.2) is 37.1 Å². The third-order valence-electron chi connectivity index (χ3n) is 4.14. The molecule has 1 heterocycles. The van der Waals surface area contributed by atoms with E-state index in [1.54, 1.807) is 0 Å². The molecule has 0 atom stereocenters. The maximum Gasteiger partial charge on any atom is 0.253 e. The highest BCUT2D eigenvalue weighted by atomic mass is 16.5. The van der Waals surface area contributed by atoms with Gasteiger partial charge in [0.05, 0.1) is 13.2 Å². The fraction of sp³-hybridized carbons (Fsp3) is 0.611. The average Bonchev–Trinajstić information content (AvgIpc) is 2.54. The molecule has 0 bridgehead atoms. The second kappa shape index (κ2) is 8.18. The van der Waals surface area contributed by atoms with Gasteiger partial charge in [0.25, 0.3) is 5.91 Å². The molecule has 0 unspecified atom stereocenters. The van der Waals surface area contributed by atoms with Crippen molar-refractivity contribution >= 4 is 5.91 Å². The van der Waals surface area contributed by atoms with Gasteiger partial charge >= 0.3 is 0 Å². The summed E-state index contributed by atoms with van der Waals surface area (Å²) in [6.07, 6.45) is 2.18. The van der Waals surface area contributed by atoms with Crippen molar-refractivity contribution in [2.45, 2.75) is 40.2 Å². The Hall–Kier alpha value is -1.55. The Morgan fingerprint density at radius 3 is 2.59 bits per heavy atom. The van der Waals surface area contributed by atoms with Gasteiger partial charge in [-0.25, -0.2) is 0 Å². The zero-order chi connectivity index (χ0) is 15.9. The Morgan fingerprint density at radius 2 is 1.95 bits per heavy atom. The molecule has 4 heteroatoms. The first kappa shape index (κ1) is 16.8. The molecule has 22 heavy (non-hydrogen) atoms. The molecule has 0 aliphatic carbocycles. The van der Waals surface area contributed by atoms with E-state index in [1.807, 2.05) is 36.9 Å². The Morgan fingerprint density at radius 1 is 1.23 bits per heavy atom. The van der Waals surface area contributed by atoms with Crippen molar-refractivity contribution in [3.05, 3.63) is 29.3 Å². The molecule has 0 aromatic heterocycles. The first-order chi connectivity index (χ1) is 10.7. The average molecular weight is 305 g/mol. The smallest absolute Gasteiger partial charge is 0.253 e. The lowest BCUT2D eigenvalue weighted by atomic mass is 9.98. The number of carbonyl (C=O) groups excluding carboxylic acids is 1. The molecule has 1 saturated heterocycles. The summed E-state index contributed by atoms with van der Waals surface area (Å²) in [5.41, 5.74) is 1.67. The molecule has 1 aliphatic rings. The highest BCUT2D eigenvalue weighted by molar-refractivity contribution is 5.94. The van der Waals surface area contributed by atoms with Crippen LogP contribution in [-0.2, 0) is 11.3 Å². The zero-order valence-electron chi connectivity index (χ0n) is 13.9. The summed E-state index contributed by atoms with van der Waals surface area (Å²) in [7, 11) is 0. The van der Waals surface area contributed by atoms with Crippen LogP contribution in [0.4, 0.5) is 0 Å². The van der Waals surface area contributed by atoms with E-state index in [0.717, 1.165) is 48.7 Å². The highest BCUT2D eigenvalue weighted by Crippen LogP contribution is 2.24. The Labute approximate surface area is 133 Å². The molecule has 4 nitrogen and oxygen atoms in total. The molecular weight excluding hydrogens is 278 g/mol. The molecule has 1 aromatic rings. The normalized spacial score (nSPS) is 15.9. The lowest BCUT2D eigenvalue weighted by Crippen LogP contribution is -2.37. The van der Waals surface area contributed by atoms with Gasteiger partial charge in [0.1, 0.15) is 5.75 Å². The number of piperidine rings is 1. The maximum atomic E-state index is 12.6. The fourth-order valence-corrected chi connectivity index (χ4v) is 2.73. The number of amides is 1. The van der Waals surface area contributed by atoms with E-state index >= 15 is 0 Å². The summed E-state index contributed by atoms with van der Waals surface area (Å²) in [4.78, 5) is 14.6. The van der Waals surface area contributed by atoms with Gasteiger partial charge in [-0.2, -0.15) is 0 Å². The first-order valence-corrected chi connectivity index (χ1v) is 8.28. The van der Waals surface area contributed by atoms with Crippen LogP contribution < -0.4 is 4.74 Å². The molecule has 1 amide bonds. The van der Waals surface area contributed by atoms with Crippen LogP contribution in [0.2, 0.25) is 0 Å². The van der Waals surface area contributed by atoms with E-state index in [-0.39, 0.29) is 5.91 Å². The van der Waals surface area contributed by atoms with Crippen LogP contribution in [0, 0.1) is 5.92 Å². The Kier molecular flexibility index (Phi) is 6.25. The minimum Gasteiger partial charge on any atom is -0.494 e. The van der Waals surface area contributed by atoms with Gasteiger partial charge in [-0.3, -0.25) is 4.79 Å². The molecule has 0 spiro atoms. The van der Waals surface area contributed by atoms with Crippen molar-refractivity contribution < 1.29 is 14.3 Å². The van der Waals surface area contributed by atoms with E-state index in [2.05, 4.69) is 6.92 Å². The lowest BCUT2D eigenvalue weighted by molar-refractivity contribution is 0.0696. The molecule has 0 saturated carbocycles. The number of likely N-dealkylation sites (tertiary alicyclic amines) is 1. The minimum absolute atomic E-state index is 0.118. The molecular formula is C18H27NO3. The van der Waals surface area contributed by atoms with Gasteiger partial charge < -0.3 is 14.4 Å². The van der Waals surface area contributed by atoms with E-state index in [0.29, 0.717) is 19.8 Å². The summed E-state index contributed by atoms with van der Waals surface area (Å²) < 4.78 is 11.1. The zero-order valence-corrected chi connectivity index (χ0v) is 13.9. The summed E-state index contributed by atoms with van der Waals surface area (Å²) in [5.74, 6) is 1.64. The van der Waals surface area contributed by atoms with E-state index in [9.17, 15) is 4.79 Å². The third-order valence-corrected chi connectivity index (χ3v) is 4.14. The van der Waals surface area contributed by atoms with Crippen molar-refractivity contribution in [2.24, 2.45) is 5.92 Å². The van der Waals surface area contributed by atoms with Crippen LogP contribution in [0.3, 0.4) is 0 Å². The van der Waals surface area contributed by atoms with Gasteiger partial charge in [0.2, 0.25) is 0 Å². The number of benzene rings is 1. The van der Waals surface area contributed by atoms with Crippen molar-refractivity contribution in [1.82, 2.24) is 4.90 Å². The van der Waals surface area contributed by atoms with Crippen LogP contribution >= 0.6 is 0 Å². The molecule has 1 aliphatic heterocycles. The SMILES string of the molecule is CCOCc1cc(C(=O)N2CCC(C)CC2)ccc1OCC. The molecule has 1 fully saturated rings. The second-order valence-electron chi connectivity index (χ2n) is 5.87. The monoisotopic (exact) mass is 305 g/mol. The predicted molar refractivity (Wildman–Crippen MR) is 87.2 cm³/mol. The summed E-state index contributed by atoms with van der Waals surface area (Å²) in [6, 6.07) is 5.67. The van der Waals surface area contributed by atoms with Gasteiger partial charge in [-0.05, 0) is 50.8 Å². The number of ether oxygens (including phenoxy) is 2. The second-order valence-corrected chi connectivity index (χ2v) is 5.87. The van der Waals surface area contributed by atoms with Gasteiger partial charge in [0.15, 0.2) is 0 Å². The molecule has 122 valence electrons. The van der Waals surface area contributed by atoms with Crippen molar-refractivity contribution in [1.29, 1.82) is 0 Å². The van der Waals surface area contributed by atoms with Crippen LogP contribution in [0.5, 0.6) is 5.75 Å². The van der Waals surface area contributed by atoms with Crippen molar-refractivity contribution in [2.75, 3.05) is 26.3 Å². The maximum absolute atomic E-state index is 12.6.